The van der Waals surface area contributed by atoms with E-state index in [1.54, 1.807) is 7.11 Å². The molecule has 140 valence electrons. The molecule has 4 heteroatoms. The molecule has 1 aromatic rings. The third-order valence-electron chi connectivity index (χ3n) is 5.85. The standard InChI is InChI=1S/C21H33NO3/c1-24-14-12-21(17-23)11-4-13-22(16-21)15-18-7-9-20(10-8-18)25-19-5-2-3-6-19/h7-10,19,23H,2-6,11-17H2,1H3/t21-/m1/s1. The van der Waals surface area contributed by atoms with Gasteiger partial charge >= 0.3 is 0 Å². The van der Waals surface area contributed by atoms with E-state index in [2.05, 4.69) is 29.2 Å². The average Bonchev–Trinajstić information content (AvgIpc) is 3.15. The molecule has 1 aliphatic carbocycles. The number of rotatable bonds is 8. The van der Waals surface area contributed by atoms with Crippen molar-refractivity contribution < 1.29 is 14.6 Å². The first-order chi connectivity index (χ1) is 12.2. The summed E-state index contributed by atoms with van der Waals surface area (Å²) in [5.41, 5.74) is 1.32. The SMILES string of the molecule is COCC[C@]1(CO)CCCN(Cc2ccc(OC3CCCC3)cc2)C1. The van der Waals surface area contributed by atoms with Crippen LogP contribution < -0.4 is 4.74 Å². The highest BCUT2D eigenvalue weighted by Gasteiger charge is 2.34. The predicted molar refractivity (Wildman–Crippen MR) is 99.8 cm³/mol. The fraction of sp³-hybridized carbons (Fsp3) is 0.714. The number of likely N-dealkylation sites (tertiary alicyclic amines) is 1. The number of hydrogen-bond donors (Lipinski definition) is 1. The van der Waals surface area contributed by atoms with Gasteiger partial charge in [-0.15, -0.1) is 0 Å². The third-order valence-corrected chi connectivity index (χ3v) is 5.85. The minimum atomic E-state index is -0.000213. The van der Waals surface area contributed by atoms with Crippen molar-refractivity contribution in [1.29, 1.82) is 0 Å². The molecule has 2 fully saturated rings. The minimum Gasteiger partial charge on any atom is -0.490 e. The van der Waals surface area contributed by atoms with Gasteiger partial charge in [0, 0.05) is 32.2 Å². The number of aliphatic hydroxyl groups excluding tert-OH is 1. The molecule has 4 nitrogen and oxygen atoms in total. The van der Waals surface area contributed by atoms with Crippen LogP contribution in [0, 0.1) is 5.41 Å². The monoisotopic (exact) mass is 347 g/mol. The summed E-state index contributed by atoms with van der Waals surface area (Å²) in [6.45, 7) is 3.98. The molecule has 0 aromatic heterocycles. The van der Waals surface area contributed by atoms with Gasteiger partial charge in [0.2, 0.25) is 0 Å². The van der Waals surface area contributed by atoms with Crippen molar-refractivity contribution in [1.82, 2.24) is 4.90 Å². The normalized spacial score (nSPS) is 25.4. The number of ether oxygens (including phenoxy) is 2. The van der Waals surface area contributed by atoms with Crippen molar-refractivity contribution in [3.63, 3.8) is 0 Å². The highest BCUT2D eigenvalue weighted by atomic mass is 16.5. The van der Waals surface area contributed by atoms with Gasteiger partial charge in [0.05, 0.1) is 12.7 Å². The van der Waals surface area contributed by atoms with Crippen LogP contribution in [-0.4, -0.2) is 49.5 Å². The lowest BCUT2D eigenvalue weighted by Gasteiger charge is -2.42. The van der Waals surface area contributed by atoms with Gasteiger partial charge in [-0.2, -0.15) is 0 Å². The molecule has 1 N–H and O–H groups in total. The molecule has 0 radical (unpaired) electrons. The Balaban J connectivity index is 1.54. The van der Waals surface area contributed by atoms with Gasteiger partial charge in [0.25, 0.3) is 0 Å². The van der Waals surface area contributed by atoms with Crippen LogP contribution in [-0.2, 0) is 11.3 Å². The second-order valence-corrected chi connectivity index (χ2v) is 7.88. The number of nitrogens with zero attached hydrogens (tertiary/aromatic N) is 1. The average molecular weight is 347 g/mol. The molecule has 1 saturated heterocycles. The number of benzene rings is 1. The van der Waals surface area contributed by atoms with Crippen LogP contribution in [0.15, 0.2) is 24.3 Å². The first kappa shape index (κ1) is 18.7. The maximum Gasteiger partial charge on any atom is 0.119 e. The highest BCUT2D eigenvalue weighted by Crippen LogP contribution is 2.34. The van der Waals surface area contributed by atoms with Gasteiger partial charge in [-0.05, 0) is 69.2 Å². The summed E-state index contributed by atoms with van der Waals surface area (Å²) >= 11 is 0. The molecule has 1 saturated carbocycles. The maximum atomic E-state index is 9.93. The lowest BCUT2D eigenvalue weighted by atomic mass is 9.78. The summed E-state index contributed by atoms with van der Waals surface area (Å²) in [7, 11) is 1.74. The molecule has 0 amide bonds. The van der Waals surface area contributed by atoms with Crippen molar-refractivity contribution in [3.05, 3.63) is 29.8 Å². The van der Waals surface area contributed by atoms with Gasteiger partial charge in [-0.3, -0.25) is 4.90 Å². The highest BCUT2D eigenvalue weighted by molar-refractivity contribution is 5.27. The van der Waals surface area contributed by atoms with E-state index < -0.39 is 0 Å². The van der Waals surface area contributed by atoms with Crippen molar-refractivity contribution in [2.75, 3.05) is 33.4 Å². The molecule has 1 aliphatic heterocycles. The van der Waals surface area contributed by atoms with Crippen LogP contribution in [0.3, 0.4) is 0 Å². The van der Waals surface area contributed by atoms with Gasteiger partial charge in [-0.25, -0.2) is 0 Å². The molecule has 1 atom stereocenters. The van der Waals surface area contributed by atoms with Crippen molar-refractivity contribution in [3.8, 4) is 5.75 Å². The Hall–Kier alpha value is -1.10. The lowest BCUT2D eigenvalue weighted by Crippen LogP contribution is -2.45. The topological polar surface area (TPSA) is 41.9 Å². The first-order valence-electron chi connectivity index (χ1n) is 9.81. The van der Waals surface area contributed by atoms with Crippen molar-refractivity contribution in [2.24, 2.45) is 5.41 Å². The third kappa shape index (κ3) is 5.19. The first-order valence-corrected chi connectivity index (χ1v) is 9.81. The zero-order valence-electron chi connectivity index (χ0n) is 15.6. The van der Waals surface area contributed by atoms with E-state index in [0.717, 1.165) is 51.3 Å². The van der Waals surface area contributed by atoms with Crippen LogP contribution in [0.5, 0.6) is 5.75 Å². The summed E-state index contributed by atoms with van der Waals surface area (Å²) in [6, 6.07) is 8.60. The number of methoxy groups -OCH3 is 1. The lowest BCUT2D eigenvalue weighted by molar-refractivity contribution is 0.00475. The summed E-state index contributed by atoms with van der Waals surface area (Å²) in [4.78, 5) is 2.47. The Labute approximate surface area is 152 Å². The predicted octanol–water partition coefficient (Wildman–Crippen LogP) is 3.62. The van der Waals surface area contributed by atoms with Crippen molar-refractivity contribution in [2.45, 2.75) is 57.6 Å². The van der Waals surface area contributed by atoms with Crippen LogP contribution >= 0.6 is 0 Å². The maximum absolute atomic E-state index is 9.93. The molecule has 1 aromatic carbocycles. The zero-order valence-corrected chi connectivity index (χ0v) is 15.6. The van der Waals surface area contributed by atoms with E-state index in [4.69, 9.17) is 9.47 Å². The molecule has 0 spiro atoms. The van der Waals surface area contributed by atoms with Crippen LogP contribution in [0.1, 0.15) is 50.5 Å². The number of aliphatic hydroxyl groups is 1. The molecular formula is C21H33NO3. The molecule has 2 aliphatic rings. The minimum absolute atomic E-state index is 0.000213. The quantitative estimate of drug-likeness (QED) is 0.780. The second kappa shape index (κ2) is 9.02. The molecular weight excluding hydrogens is 314 g/mol. The van der Waals surface area contributed by atoms with E-state index in [1.807, 2.05) is 0 Å². The summed E-state index contributed by atoms with van der Waals surface area (Å²) < 4.78 is 11.3. The Morgan fingerprint density at radius 3 is 2.60 bits per heavy atom. The fourth-order valence-corrected chi connectivity index (χ4v) is 4.31. The molecule has 0 bridgehead atoms. The molecule has 25 heavy (non-hydrogen) atoms. The smallest absolute Gasteiger partial charge is 0.119 e. The van der Waals surface area contributed by atoms with Gasteiger partial charge in [0.15, 0.2) is 0 Å². The fourth-order valence-electron chi connectivity index (χ4n) is 4.31. The van der Waals surface area contributed by atoms with Gasteiger partial charge < -0.3 is 14.6 Å². The Morgan fingerprint density at radius 2 is 1.92 bits per heavy atom. The van der Waals surface area contributed by atoms with Crippen molar-refractivity contribution >= 4 is 0 Å². The van der Waals surface area contributed by atoms with E-state index in [9.17, 15) is 5.11 Å². The van der Waals surface area contributed by atoms with Gasteiger partial charge in [-0.1, -0.05) is 12.1 Å². The van der Waals surface area contributed by atoms with E-state index in [1.165, 1.54) is 31.2 Å². The summed E-state index contributed by atoms with van der Waals surface area (Å²) in [5, 5.41) is 9.93. The van der Waals surface area contributed by atoms with Gasteiger partial charge in [0.1, 0.15) is 5.75 Å². The Bertz CT molecular complexity index is 512. The Kier molecular flexibility index (Phi) is 6.74. The van der Waals surface area contributed by atoms with Crippen LogP contribution in [0.4, 0.5) is 0 Å². The molecule has 1 heterocycles. The number of hydrogen-bond acceptors (Lipinski definition) is 4. The van der Waals surface area contributed by atoms with E-state index in [0.29, 0.717) is 6.10 Å². The molecule has 0 unspecified atom stereocenters. The van der Waals surface area contributed by atoms with E-state index >= 15 is 0 Å². The second-order valence-electron chi connectivity index (χ2n) is 7.88. The van der Waals surface area contributed by atoms with Crippen LogP contribution in [0.25, 0.3) is 0 Å². The number of piperidine rings is 1. The molecule has 3 rings (SSSR count). The Morgan fingerprint density at radius 1 is 1.16 bits per heavy atom. The summed E-state index contributed by atoms with van der Waals surface area (Å²) in [6.07, 6.45) is 8.58. The largest absolute Gasteiger partial charge is 0.490 e. The zero-order chi connectivity index (χ0) is 17.5. The van der Waals surface area contributed by atoms with Crippen LogP contribution in [0.2, 0.25) is 0 Å². The summed E-state index contributed by atoms with van der Waals surface area (Å²) in [5.74, 6) is 0.999. The van der Waals surface area contributed by atoms with E-state index in [-0.39, 0.29) is 12.0 Å².